The highest BCUT2D eigenvalue weighted by Crippen LogP contribution is 2.38. The third kappa shape index (κ3) is 2.17. The van der Waals surface area contributed by atoms with E-state index in [0.717, 1.165) is 40.1 Å². The SMILES string of the molecule is Cc1ccc2c(n1)oc1c(N3C=CN(C(C)C)C3)c(C)ccc12. The molecule has 1 aliphatic heterocycles. The summed E-state index contributed by atoms with van der Waals surface area (Å²) in [4.78, 5) is 9.11. The number of fused-ring (bicyclic) bond motifs is 3. The van der Waals surface area contributed by atoms with Crippen molar-refractivity contribution < 1.29 is 4.42 Å². The molecule has 0 fully saturated rings. The molecule has 0 spiro atoms. The van der Waals surface area contributed by atoms with Crippen LogP contribution in [0.1, 0.15) is 25.1 Å². The predicted octanol–water partition coefficient (Wildman–Crippen LogP) is 4.56. The molecule has 0 saturated heterocycles. The van der Waals surface area contributed by atoms with Crippen molar-refractivity contribution in [1.82, 2.24) is 9.88 Å². The van der Waals surface area contributed by atoms with Crippen LogP contribution in [0.3, 0.4) is 0 Å². The summed E-state index contributed by atoms with van der Waals surface area (Å²) < 4.78 is 6.15. The Morgan fingerprint density at radius 3 is 2.57 bits per heavy atom. The van der Waals surface area contributed by atoms with Crippen molar-refractivity contribution >= 4 is 27.8 Å². The summed E-state index contributed by atoms with van der Waals surface area (Å²) in [6.07, 6.45) is 4.28. The van der Waals surface area contributed by atoms with Gasteiger partial charge in [0.1, 0.15) is 0 Å². The topological polar surface area (TPSA) is 32.5 Å². The van der Waals surface area contributed by atoms with Gasteiger partial charge in [0.05, 0.1) is 12.4 Å². The molecule has 3 heterocycles. The lowest BCUT2D eigenvalue weighted by Crippen LogP contribution is -2.30. The van der Waals surface area contributed by atoms with Gasteiger partial charge in [-0.3, -0.25) is 0 Å². The number of nitrogens with zero attached hydrogens (tertiary/aromatic N) is 3. The average Bonchev–Trinajstić information content (AvgIpc) is 3.10. The van der Waals surface area contributed by atoms with Crippen LogP contribution in [0.25, 0.3) is 22.1 Å². The Hall–Kier alpha value is -2.49. The molecule has 4 heteroatoms. The number of aromatic nitrogens is 1. The monoisotopic (exact) mass is 307 g/mol. The third-order valence-corrected chi connectivity index (χ3v) is 4.53. The van der Waals surface area contributed by atoms with Gasteiger partial charge in [-0.05, 0) is 45.4 Å². The molecule has 0 aliphatic carbocycles. The smallest absolute Gasteiger partial charge is 0.227 e. The maximum atomic E-state index is 6.15. The molecule has 0 N–H and O–H groups in total. The van der Waals surface area contributed by atoms with Crippen molar-refractivity contribution in [3.63, 3.8) is 0 Å². The molecule has 0 unspecified atom stereocenters. The van der Waals surface area contributed by atoms with Crippen molar-refractivity contribution in [2.75, 3.05) is 11.6 Å². The predicted molar refractivity (Wildman–Crippen MR) is 94.5 cm³/mol. The third-order valence-electron chi connectivity index (χ3n) is 4.53. The van der Waals surface area contributed by atoms with Crippen LogP contribution in [0.4, 0.5) is 5.69 Å². The second-order valence-electron chi connectivity index (χ2n) is 6.53. The maximum absolute atomic E-state index is 6.15. The molecule has 0 atom stereocenters. The molecular formula is C19H21N3O. The highest BCUT2D eigenvalue weighted by Gasteiger charge is 2.22. The summed E-state index contributed by atoms with van der Waals surface area (Å²) in [7, 11) is 0. The maximum Gasteiger partial charge on any atom is 0.227 e. The fourth-order valence-electron chi connectivity index (χ4n) is 3.17. The van der Waals surface area contributed by atoms with Crippen molar-refractivity contribution in [2.45, 2.75) is 33.7 Å². The molecule has 4 nitrogen and oxygen atoms in total. The van der Waals surface area contributed by atoms with E-state index in [2.05, 4.69) is 66.2 Å². The van der Waals surface area contributed by atoms with Gasteiger partial charge < -0.3 is 14.2 Å². The summed E-state index contributed by atoms with van der Waals surface area (Å²) in [5.74, 6) is 0. The minimum absolute atomic E-state index is 0.482. The molecule has 0 saturated carbocycles. The molecular weight excluding hydrogens is 286 g/mol. The minimum Gasteiger partial charge on any atom is -0.435 e. The molecule has 0 bridgehead atoms. The van der Waals surface area contributed by atoms with Gasteiger partial charge in [-0.1, -0.05) is 12.1 Å². The first-order chi connectivity index (χ1) is 11.0. The Bertz CT molecular complexity index is 923. The summed E-state index contributed by atoms with van der Waals surface area (Å²) >= 11 is 0. The second kappa shape index (κ2) is 5.01. The quantitative estimate of drug-likeness (QED) is 0.695. The van der Waals surface area contributed by atoms with Crippen molar-refractivity contribution in [2.24, 2.45) is 0 Å². The fourth-order valence-corrected chi connectivity index (χ4v) is 3.17. The molecule has 1 aromatic carbocycles. The van der Waals surface area contributed by atoms with Gasteiger partial charge in [0.15, 0.2) is 5.58 Å². The first-order valence-electron chi connectivity index (χ1n) is 8.05. The first kappa shape index (κ1) is 14.1. The standard InChI is InChI=1S/C19H21N3O/c1-12(2)21-9-10-22(11-21)17-13(3)5-7-15-16-8-6-14(4)20-19(16)23-18(15)17/h5-10,12H,11H2,1-4H3. The normalized spacial score (nSPS) is 14.8. The second-order valence-corrected chi connectivity index (χ2v) is 6.53. The fraction of sp³-hybridized carbons (Fsp3) is 0.316. The van der Waals surface area contributed by atoms with E-state index in [1.807, 2.05) is 13.0 Å². The molecule has 0 radical (unpaired) electrons. The van der Waals surface area contributed by atoms with Crippen LogP contribution in [-0.2, 0) is 0 Å². The van der Waals surface area contributed by atoms with Gasteiger partial charge in [0.25, 0.3) is 0 Å². The lowest BCUT2D eigenvalue weighted by atomic mass is 10.1. The minimum atomic E-state index is 0.482. The van der Waals surface area contributed by atoms with E-state index in [9.17, 15) is 0 Å². The van der Waals surface area contributed by atoms with Crippen LogP contribution in [0.5, 0.6) is 0 Å². The number of anilines is 1. The van der Waals surface area contributed by atoms with Crippen LogP contribution in [0.2, 0.25) is 0 Å². The van der Waals surface area contributed by atoms with Crippen LogP contribution < -0.4 is 4.90 Å². The van der Waals surface area contributed by atoms with E-state index in [0.29, 0.717) is 6.04 Å². The highest BCUT2D eigenvalue weighted by atomic mass is 16.3. The van der Waals surface area contributed by atoms with Crippen molar-refractivity contribution in [3.8, 4) is 0 Å². The number of benzene rings is 1. The summed E-state index contributed by atoms with van der Waals surface area (Å²) in [6.45, 7) is 9.38. The molecule has 118 valence electrons. The number of furan rings is 1. The van der Waals surface area contributed by atoms with Gasteiger partial charge >= 0.3 is 0 Å². The van der Waals surface area contributed by atoms with Gasteiger partial charge in [-0.25, -0.2) is 4.98 Å². The Morgan fingerprint density at radius 1 is 1.04 bits per heavy atom. The molecule has 2 aromatic heterocycles. The number of pyridine rings is 1. The van der Waals surface area contributed by atoms with E-state index in [1.165, 1.54) is 5.56 Å². The number of aryl methyl sites for hydroxylation is 2. The van der Waals surface area contributed by atoms with Crippen LogP contribution in [-0.4, -0.2) is 22.6 Å². The van der Waals surface area contributed by atoms with Crippen LogP contribution >= 0.6 is 0 Å². The van der Waals surface area contributed by atoms with E-state index < -0.39 is 0 Å². The van der Waals surface area contributed by atoms with E-state index >= 15 is 0 Å². The number of hydrogen-bond acceptors (Lipinski definition) is 4. The van der Waals surface area contributed by atoms with Gasteiger partial charge in [-0.15, -0.1) is 0 Å². The zero-order valence-corrected chi connectivity index (χ0v) is 14.0. The highest BCUT2D eigenvalue weighted by molar-refractivity contribution is 6.08. The summed E-state index contributed by atoms with van der Waals surface area (Å²) in [6, 6.07) is 8.92. The van der Waals surface area contributed by atoms with E-state index in [-0.39, 0.29) is 0 Å². The lowest BCUT2D eigenvalue weighted by molar-refractivity contribution is 0.336. The molecule has 23 heavy (non-hydrogen) atoms. The van der Waals surface area contributed by atoms with Gasteiger partial charge in [0.2, 0.25) is 5.71 Å². The van der Waals surface area contributed by atoms with E-state index in [1.54, 1.807) is 0 Å². The Balaban J connectivity index is 1.91. The molecule has 3 aromatic rings. The zero-order valence-electron chi connectivity index (χ0n) is 14.0. The van der Waals surface area contributed by atoms with Gasteiger partial charge in [-0.2, -0.15) is 0 Å². The summed E-state index contributed by atoms with van der Waals surface area (Å²) in [5, 5.41) is 2.21. The largest absolute Gasteiger partial charge is 0.435 e. The Labute approximate surface area is 136 Å². The van der Waals surface area contributed by atoms with Crippen LogP contribution in [0, 0.1) is 13.8 Å². The van der Waals surface area contributed by atoms with Gasteiger partial charge in [0, 0.05) is 34.9 Å². The average molecular weight is 307 g/mol. The first-order valence-corrected chi connectivity index (χ1v) is 8.05. The molecule has 4 rings (SSSR count). The van der Waals surface area contributed by atoms with Crippen LogP contribution in [0.15, 0.2) is 41.1 Å². The molecule has 1 aliphatic rings. The zero-order chi connectivity index (χ0) is 16.1. The van der Waals surface area contributed by atoms with Crippen molar-refractivity contribution in [3.05, 3.63) is 47.9 Å². The number of rotatable bonds is 2. The lowest BCUT2D eigenvalue weighted by Gasteiger charge is -2.25. The summed E-state index contributed by atoms with van der Waals surface area (Å²) in [5.41, 5.74) is 4.96. The van der Waals surface area contributed by atoms with Crippen molar-refractivity contribution in [1.29, 1.82) is 0 Å². The Kier molecular flexibility index (Phi) is 3.08. The molecule has 0 amide bonds. The Morgan fingerprint density at radius 2 is 1.83 bits per heavy atom. The van der Waals surface area contributed by atoms with E-state index in [4.69, 9.17) is 4.42 Å². The number of hydrogen-bond donors (Lipinski definition) is 0.